The van der Waals surface area contributed by atoms with Gasteiger partial charge in [-0.05, 0) is 57.0 Å². The maximum Gasteiger partial charge on any atom is 0.344 e. The third kappa shape index (κ3) is 8.55. The molecule has 0 aliphatic heterocycles. The zero-order chi connectivity index (χ0) is 23.9. The number of esters is 1. The van der Waals surface area contributed by atoms with Crippen LogP contribution in [0.4, 0.5) is 0 Å². The van der Waals surface area contributed by atoms with Crippen LogP contribution in [0.3, 0.4) is 0 Å². The molecule has 0 N–H and O–H groups in total. The second-order valence-electron chi connectivity index (χ2n) is 10.1. The molecular formula is C26H40O4Si. The number of rotatable bonds is 8. The minimum atomic E-state index is -2.07. The number of carbonyl (C=O) groups is 1. The summed E-state index contributed by atoms with van der Waals surface area (Å²) in [6.45, 7) is 22.4. The molecule has 0 unspecified atom stereocenters. The van der Waals surface area contributed by atoms with Gasteiger partial charge in [0.2, 0.25) is 0 Å². The molecule has 0 fully saturated rings. The van der Waals surface area contributed by atoms with Gasteiger partial charge < -0.3 is 13.9 Å². The summed E-state index contributed by atoms with van der Waals surface area (Å²) < 4.78 is 18.0. The molecule has 1 aromatic rings. The van der Waals surface area contributed by atoms with Crippen molar-refractivity contribution >= 4 is 14.3 Å². The zero-order valence-corrected chi connectivity index (χ0v) is 21.8. The smallest absolute Gasteiger partial charge is 0.344 e. The predicted molar refractivity (Wildman–Crippen MR) is 131 cm³/mol. The Morgan fingerprint density at radius 3 is 2.35 bits per heavy atom. The Balaban J connectivity index is 3.32. The summed E-state index contributed by atoms with van der Waals surface area (Å²) in [6.07, 6.45) is 2.81. The SMILES string of the molecule is C=CCc1c(OCC(=O)OC(C)(C)C)cccc1[C@H](C#CCC)O[Si](C)(C)C(C)(C)C. The molecule has 1 atom stereocenters. The first-order valence-corrected chi connectivity index (χ1v) is 13.9. The summed E-state index contributed by atoms with van der Waals surface area (Å²) in [6, 6.07) is 5.81. The first-order valence-electron chi connectivity index (χ1n) is 11.0. The minimum Gasteiger partial charge on any atom is -0.482 e. The average Bonchev–Trinajstić information content (AvgIpc) is 2.62. The van der Waals surface area contributed by atoms with E-state index >= 15 is 0 Å². The quantitative estimate of drug-likeness (QED) is 0.196. The van der Waals surface area contributed by atoms with Crippen molar-refractivity contribution in [2.75, 3.05) is 6.61 Å². The molecule has 1 rings (SSSR count). The molecule has 0 bridgehead atoms. The lowest BCUT2D eigenvalue weighted by Gasteiger charge is -2.38. The van der Waals surface area contributed by atoms with E-state index in [1.807, 2.05) is 52.0 Å². The molecule has 0 heterocycles. The highest BCUT2D eigenvalue weighted by molar-refractivity contribution is 6.74. The van der Waals surface area contributed by atoms with Crippen molar-refractivity contribution in [2.45, 2.75) is 91.1 Å². The number of hydrogen-bond donors (Lipinski definition) is 0. The van der Waals surface area contributed by atoms with Crippen LogP contribution in [0.25, 0.3) is 0 Å². The Morgan fingerprint density at radius 2 is 1.84 bits per heavy atom. The zero-order valence-electron chi connectivity index (χ0n) is 20.8. The number of benzene rings is 1. The van der Waals surface area contributed by atoms with Gasteiger partial charge in [0.25, 0.3) is 0 Å². The highest BCUT2D eigenvalue weighted by atomic mass is 28.4. The fraction of sp³-hybridized carbons (Fsp3) is 0.577. The molecule has 0 aromatic heterocycles. The third-order valence-electron chi connectivity index (χ3n) is 5.19. The highest BCUT2D eigenvalue weighted by Crippen LogP contribution is 2.41. The van der Waals surface area contributed by atoms with Crippen LogP contribution in [0, 0.1) is 11.8 Å². The van der Waals surface area contributed by atoms with Crippen LogP contribution in [0.15, 0.2) is 30.9 Å². The fourth-order valence-electron chi connectivity index (χ4n) is 2.67. The molecule has 0 saturated carbocycles. The first-order chi connectivity index (χ1) is 14.2. The Hall–Kier alpha value is -2.03. The lowest BCUT2D eigenvalue weighted by molar-refractivity contribution is -0.157. The van der Waals surface area contributed by atoms with Gasteiger partial charge in [-0.3, -0.25) is 0 Å². The standard InChI is InChI=1S/C26H40O4Si/c1-11-13-17-23(30-31(9,10)26(6,7)8)21-16-14-18-22(20(21)15-12-2)28-19-24(27)29-25(3,4)5/h12,14,16,18,23H,2,11,15,19H2,1,3-10H3/t23-/m0/s1. The van der Waals surface area contributed by atoms with Gasteiger partial charge in [-0.1, -0.05) is 51.8 Å². The van der Waals surface area contributed by atoms with E-state index in [1.165, 1.54) is 0 Å². The lowest BCUT2D eigenvalue weighted by atomic mass is 9.99. The van der Waals surface area contributed by atoms with Crippen LogP contribution in [0.2, 0.25) is 18.1 Å². The van der Waals surface area contributed by atoms with Crippen molar-refractivity contribution < 1.29 is 18.7 Å². The Bertz CT molecular complexity index is 817. The summed E-state index contributed by atoms with van der Waals surface area (Å²) in [5.74, 6) is 6.74. The van der Waals surface area contributed by atoms with E-state index in [0.29, 0.717) is 12.2 Å². The van der Waals surface area contributed by atoms with E-state index in [4.69, 9.17) is 13.9 Å². The number of allylic oxidation sites excluding steroid dienone is 1. The maximum absolute atomic E-state index is 12.2. The van der Waals surface area contributed by atoms with Crippen molar-refractivity contribution in [1.82, 2.24) is 0 Å². The summed E-state index contributed by atoms with van der Waals surface area (Å²) >= 11 is 0. The lowest BCUT2D eigenvalue weighted by Crippen LogP contribution is -2.41. The largest absolute Gasteiger partial charge is 0.482 e. The summed E-state index contributed by atoms with van der Waals surface area (Å²) in [5, 5.41) is 0.0581. The molecular weight excluding hydrogens is 404 g/mol. The van der Waals surface area contributed by atoms with Gasteiger partial charge in [0.05, 0.1) is 0 Å². The number of carbonyl (C=O) groups excluding carboxylic acids is 1. The van der Waals surface area contributed by atoms with Gasteiger partial charge in [0, 0.05) is 12.0 Å². The molecule has 172 valence electrons. The average molecular weight is 445 g/mol. The van der Waals surface area contributed by atoms with E-state index < -0.39 is 19.9 Å². The molecule has 1 aromatic carbocycles. The second kappa shape index (κ2) is 11.0. The normalized spacial score (nSPS) is 13.1. The first kappa shape index (κ1) is 27.0. The number of hydrogen-bond acceptors (Lipinski definition) is 4. The molecule has 4 nitrogen and oxygen atoms in total. The van der Waals surface area contributed by atoms with E-state index in [1.54, 1.807) is 0 Å². The summed E-state index contributed by atoms with van der Waals surface area (Å²) in [4.78, 5) is 12.2. The van der Waals surface area contributed by atoms with Crippen molar-refractivity contribution in [3.8, 4) is 17.6 Å². The Labute approximate surface area is 190 Å². The fourth-order valence-corrected chi connectivity index (χ4v) is 3.80. The maximum atomic E-state index is 12.2. The Morgan fingerprint density at radius 1 is 1.19 bits per heavy atom. The van der Waals surface area contributed by atoms with Crippen molar-refractivity contribution in [2.24, 2.45) is 0 Å². The summed E-state index contributed by atoms with van der Waals surface area (Å²) in [7, 11) is -2.07. The van der Waals surface area contributed by atoms with Crippen LogP contribution in [-0.2, 0) is 20.4 Å². The van der Waals surface area contributed by atoms with Crippen molar-refractivity contribution in [3.05, 3.63) is 42.0 Å². The van der Waals surface area contributed by atoms with Crippen LogP contribution < -0.4 is 4.74 Å². The van der Waals surface area contributed by atoms with Gasteiger partial charge in [0.1, 0.15) is 17.5 Å². The molecule has 31 heavy (non-hydrogen) atoms. The summed E-state index contributed by atoms with van der Waals surface area (Å²) in [5.41, 5.74) is 1.35. The highest BCUT2D eigenvalue weighted by Gasteiger charge is 2.39. The molecule has 0 aliphatic carbocycles. The van der Waals surface area contributed by atoms with Crippen LogP contribution in [0.1, 0.15) is 72.1 Å². The van der Waals surface area contributed by atoms with E-state index in [0.717, 1.165) is 17.5 Å². The topological polar surface area (TPSA) is 44.8 Å². The van der Waals surface area contributed by atoms with Crippen LogP contribution >= 0.6 is 0 Å². The molecule has 0 aliphatic rings. The van der Waals surface area contributed by atoms with Crippen LogP contribution in [0.5, 0.6) is 5.75 Å². The second-order valence-corrected chi connectivity index (χ2v) is 14.9. The number of ether oxygens (including phenoxy) is 2. The van der Waals surface area contributed by atoms with Crippen LogP contribution in [-0.4, -0.2) is 26.5 Å². The van der Waals surface area contributed by atoms with Gasteiger partial charge in [-0.15, -0.1) is 12.5 Å². The van der Waals surface area contributed by atoms with E-state index in [2.05, 4.69) is 52.3 Å². The predicted octanol–water partition coefficient (Wildman–Crippen LogP) is 6.61. The van der Waals surface area contributed by atoms with Crippen molar-refractivity contribution in [3.63, 3.8) is 0 Å². The molecule has 0 radical (unpaired) electrons. The van der Waals surface area contributed by atoms with Gasteiger partial charge in [-0.25, -0.2) is 4.79 Å². The van der Waals surface area contributed by atoms with Crippen molar-refractivity contribution in [1.29, 1.82) is 0 Å². The molecule has 5 heteroatoms. The minimum absolute atomic E-state index is 0.0581. The van der Waals surface area contributed by atoms with E-state index in [9.17, 15) is 4.79 Å². The third-order valence-corrected chi connectivity index (χ3v) is 9.63. The van der Waals surface area contributed by atoms with Gasteiger partial charge in [-0.2, -0.15) is 0 Å². The Kier molecular flexibility index (Phi) is 9.60. The van der Waals surface area contributed by atoms with Gasteiger partial charge >= 0.3 is 5.97 Å². The van der Waals surface area contributed by atoms with Gasteiger partial charge in [0.15, 0.2) is 14.9 Å². The van der Waals surface area contributed by atoms with E-state index in [-0.39, 0.29) is 17.7 Å². The molecule has 0 amide bonds. The molecule has 0 spiro atoms. The molecule has 0 saturated heterocycles. The monoisotopic (exact) mass is 444 g/mol.